The van der Waals surface area contributed by atoms with Gasteiger partial charge in [-0.05, 0) is 5.56 Å². The van der Waals surface area contributed by atoms with Crippen molar-refractivity contribution in [2.75, 3.05) is 0 Å². The van der Waals surface area contributed by atoms with Crippen LogP contribution in [0.1, 0.15) is 11.4 Å². The summed E-state index contributed by atoms with van der Waals surface area (Å²) in [5.41, 5.74) is 0.228. The van der Waals surface area contributed by atoms with Crippen molar-refractivity contribution in [2.24, 2.45) is 0 Å². The van der Waals surface area contributed by atoms with Crippen LogP contribution in [-0.2, 0) is 4.57 Å². The third-order valence-electron chi connectivity index (χ3n) is 1.42. The minimum absolute atomic E-state index is 0.228. The summed E-state index contributed by atoms with van der Waals surface area (Å²) in [4.78, 5) is 17.2. The molecule has 0 aromatic heterocycles. The summed E-state index contributed by atoms with van der Waals surface area (Å²) in [5, 5.41) is 9.09. The molecule has 1 rings (SSSR count). The van der Waals surface area contributed by atoms with E-state index < -0.39 is 13.4 Å². The third-order valence-corrected chi connectivity index (χ3v) is 2.35. The Balaban J connectivity index is 2.94. The van der Waals surface area contributed by atoms with Crippen LogP contribution in [0.15, 0.2) is 30.3 Å². The van der Waals surface area contributed by atoms with E-state index >= 15 is 0 Å². The number of rotatable bonds is 2. The van der Waals surface area contributed by atoms with Crippen molar-refractivity contribution in [2.45, 2.75) is 5.85 Å². The third kappa shape index (κ3) is 2.16. The zero-order valence-electron chi connectivity index (χ0n) is 6.16. The Kier molecular flexibility index (Phi) is 2.65. The monoisotopic (exact) mass is 188 g/mol. The van der Waals surface area contributed by atoms with E-state index in [9.17, 15) is 4.57 Å². The van der Waals surface area contributed by atoms with Crippen molar-refractivity contribution in [3.63, 3.8) is 0 Å². The van der Waals surface area contributed by atoms with Gasteiger partial charge in [0.05, 0.1) is 0 Å². The van der Waals surface area contributed by atoms with Gasteiger partial charge in [0, 0.05) is 0 Å². The van der Waals surface area contributed by atoms with Crippen LogP contribution in [0, 0.1) is 0 Å². The van der Waals surface area contributed by atoms with Gasteiger partial charge >= 0.3 is 7.60 Å². The summed E-state index contributed by atoms with van der Waals surface area (Å²) in [7, 11) is -4.42. The zero-order chi connectivity index (χ0) is 9.19. The minimum atomic E-state index is -4.42. The lowest BCUT2D eigenvalue weighted by Gasteiger charge is -2.11. The van der Waals surface area contributed by atoms with Crippen LogP contribution in [0.5, 0.6) is 0 Å². The number of benzene rings is 1. The Morgan fingerprint density at radius 3 is 2.08 bits per heavy atom. The van der Waals surface area contributed by atoms with Crippen molar-refractivity contribution in [1.29, 1.82) is 0 Å². The lowest BCUT2D eigenvalue weighted by Crippen LogP contribution is -1.97. The molecule has 0 aliphatic carbocycles. The predicted octanol–water partition coefficient (Wildman–Crippen LogP) is 0.855. The second-order valence-electron chi connectivity index (χ2n) is 2.37. The zero-order valence-corrected chi connectivity index (χ0v) is 7.06. The maximum atomic E-state index is 10.6. The highest BCUT2D eigenvalue weighted by Gasteiger charge is 2.27. The van der Waals surface area contributed by atoms with Crippen LogP contribution in [0.3, 0.4) is 0 Å². The van der Waals surface area contributed by atoms with E-state index in [1.165, 1.54) is 12.1 Å². The molecule has 0 saturated heterocycles. The van der Waals surface area contributed by atoms with Gasteiger partial charge in [0.1, 0.15) is 0 Å². The largest absolute Gasteiger partial charge is 0.376 e. The summed E-state index contributed by atoms with van der Waals surface area (Å²) in [5.74, 6) is -1.71. The van der Waals surface area contributed by atoms with E-state index in [4.69, 9.17) is 14.9 Å². The summed E-state index contributed by atoms with van der Waals surface area (Å²) in [6, 6.07) is 7.84. The highest BCUT2D eigenvalue weighted by molar-refractivity contribution is 7.51. The Morgan fingerprint density at radius 1 is 1.17 bits per heavy atom. The average Bonchev–Trinajstić information content (AvgIpc) is 2.03. The summed E-state index contributed by atoms with van der Waals surface area (Å²) in [6.45, 7) is 0. The topological polar surface area (TPSA) is 77.8 Å². The van der Waals surface area contributed by atoms with Crippen molar-refractivity contribution in [3.8, 4) is 0 Å². The maximum absolute atomic E-state index is 10.6. The van der Waals surface area contributed by atoms with Crippen molar-refractivity contribution >= 4 is 7.60 Å². The van der Waals surface area contributed by atoms with Gasteiger partial charge in [-0.15, -0.1) is 0 Å². The van der Waals surface area contributed by atoms with E-state index in [2.05, 4.69) is 0 Å². The Hall–Kier alpha value is -0.670. The second kappa shape index (κ2) is 3.37. The second-order valence-corrected chi connectivity index (χ2v) is 4.04. The highest BCUT2D eigenvalue weighted by atomic mass is 31.2. The molecule has 3 N–H and O–H groups in total. The van der Waals surface area contributed by atoms with E-state index in [0.717, 1.165) is 0 Å². The van der Waals surface area contributed by atoms with Crippen LogP contribution in [0.2, 0.25) is 0 Å². The van der Waals surface area contributed by atoms with E-state index in [1.54, 1.807) is 18.2 Å². The number of hydrogen-bond acceptors (Lipinski definition) is 2. The fourth-order valence-corrected chi connectivity index (χ4v) is 1.38. The normalized spacial score (nSPS) is 14.2. The van der Waals surface area contributed by atoms with Gasteiger partial charge in [-0.1, -0.05) is 30.3 Å². The number of aliphatic hydroxyl groups excluding tert-OH is 1. The summed E-state index contributed by atoms with van der Waals surface area (Å²) >= 11 is 0. The molecule has 0 bridgehead atoms. The minimum Gasteiger partial charge on any atom is -0.376 e. The molecule has 0 fully saturated rings. The fourth-order valence-electron chi connectivity index (χ4n) is 0.819. The number of aliphatic hydroxyl groups is 1. The molecule has 0 radical (unpaired) electrons. The van der Waals surface area contributed by atoms with E-state index in [1.807, 2.05) is 0 Å². The molecule has 5 heteroatoms. The Bertz CT molecular complexity index is 292. The van der Waals surface area contributed by atoms with Gasteiger partial charge in [0.2, 0.25) is 0 Å². The maximum Gasteiger partial charge on any atom is 0.358 e. The molecule has 0 aliphatic heterocycles. The van der Waals surface area contributed by atoms with Crippen molar-refractivity contribution < 1.29 is 19.5 Å². The van der Waals surface area contributed by atoms with Gasteiger partial charge in [-0.25, -0.2) is 0 Å². The van der Waals surface area contributed by atoms with Gasteiger partial charge < -0.3 is 14.9 Å². The first-order chi connectivity index (χ1) is 5.52. The molecule has 0 amide bonds. The fraction of sp³-hybridized carbons (Fsp3) is 0.143. The first kappa shape index (κ1) is 9.42. The van der Waals surface area contributed by atoms with Gasteiger partial charge in [0.25, 0.3) is 0 Å². The standard InChI is InChI=1S/C7H9O4P/c8-7(12(9,10)11)6-4-2-1-3-5-6/h1-5,7-8H,(H2,9,10,11)/t7-/m1/s1. The summed E-state index contributed by atoms with van der Waals surface area (Å²) in [6.07, 6.45) is 0. The Morgan fingerprint density at radius 2 is 1.67 bits per heavy atom. The highest BCUT2D eigenvalue weighted by Crippen LogP contribution is 2.49. The van der Waals surface area contributed by atoms with Gasteiger partial charge in [-0.2, -0.15) is 0 Å². The molecule has 0 unspecified atom stereocenters. The molecule has 1 atom stereocenters. The lowest BCUT2D eigenvalue weighted by molar-refractivity contribution is 0.205. The van der Waals surface area contributed by atoms with Crippen LogP contribution in [-0.4, -0.2) is 14.9 Å². The molecule has 66 valence electrons. The van der Waals surface area contributed by atoms with Gasteiger partial charge in [-0.3, -0.25) is 4.57 Å². The SMILES string of the molecule is O=P(O)(O)[C@@H](O)c1ccccc1. The molecule has 1 aromatic carbocycles. The molecular formula is C7H9O4P. The number of hydrogen-bond donors (Lipinski definition) is 3. The molecule has 0 saturated carbocycles. The predicted molar refractivity (Wildman–Crippen MR) is 43.4 cm³/mol. The molecule has 1 aromatic rings. The molecule has 12 heavy (non-hydrogen) atoms. The van der Waals surface area contributed by atoms with Crippen LogP contribution >= 0.6 is 7.60 Å². The smallest absolute Gasteiger partial charge is 0.358 e. The molecule has 0 spiro atoms. The Labute approximate surface area is 69.6 Å². The molecule has 0 aliphatic rings. The molecular weight excluding hydrogens is 179 g/mol. The van der Waals surface area contributed by atoms with E-state index in [0.29, 0.717) is 0 Å². The van der Waals surface area contributed by atoms with E-state index in [-0.39, 0.29) is 5.56 Å². The molecule has 4 nitrogen and oxygen atoms in total. The van der Waals surface area contributed by atoms with Crippen LogP contribution < -0.4 is 0 Å². The quantitative estimate of drug-likeness (QED) is 0.601. The molecule has 0 heterocycles. The first-order valence-electron chi connectivity index (χ1n) is 3.30. The van der Waals surface area contributed by atoms with Crippen molar-refractivity contribution in [3.05, 3.63) is 35.9 Å². The average molecular weight is 188 g/mol. The summed E-state index contributed by atoms with van der Waals surface area (Å²) < 4.78 is 10.6. The van der Waals surface area contributed by atoms with Crippen LogP contribution in [0.4, 0.5) is 0 Å². The van der Waals surface area contributed by atoms with Crippen LogP contribution in [0.25, 0.3) is 0 Å². The lowest BCUT2D eigenvalue weighted by atomic mass is 10.2. The van der Waals surface area contributed by atoms with Gasteiger partial charge in [0.15, 0.2) is 5.85 Å². The first-order valence-corrected chi connectivity index (χ1v) is 4.98. The van der Waals surface area contributed by atoms with Crippen molar-refractivity contribution in [1.82, 2.24) is 0 Å².